The lowest BCUT2D eigenvalue weighted by molar-refractivity contribution is -0.137. The second-order valence-corrected chi connectivity index (χ2v) is 9.08. The summed E-state index contributed by atoms with van der Waals surface area (Å²) in [5.41, 5.74) is 0.432. The number of aromatic nitrogens is 2. The van der Waals surface area contributed by atoms with Gasteiger partial charge in [-0.15, -0.1) is 17.5 Å². The molecule has 1 heterocycles. The van der Waals surface area contributed by atoms with Gasteiger partial charge in [-0.3, -0.25) is 4.90 Å². The molecule has 0 radical (unpaired) electrons. The number of hydrogen-bond acceptors (Lipinski definition) is 6. The van der Waals surface area contributed by atoms with Crippen LogP contribution in [0.4, 0.5) is 13.2 Å². The Hall–Kier alpha value is -3.60. The van der Waals surface area contributed by atoms with Crippen LogP contribution < -0.4 is 10.5 Å². The fraction of sp³-hybridized carbons (Fsp3) is 0.250. The van der Waals surface area contributed by atoms with E-state index in [9.17, 15) is 22.8 Å². The smallest absolute Gasteiger partial charge is 0.423 e. The van der Waals surface area contributed by atoms with Gasteiger partial charge in [-0.05, 0) is 68.0 Å². The Bertz CT molecular complexity index is 1530. The van der Waals surface area contributed by atoms with Crippen molar-refractivity contribution in [2.75, 3.05) is 13.1 Å². The summed E-state index contributed by atoms with van der Waals surface area (Å²) in [4.78, 5) is 28.5. The quantitative estimate of drug-likeness (QED) is 0.162. The third-order valence-corrected chi connectivity index (χ3v) is 6.71. The number of aryl methyl sites for hydroxylation is 1. The van der Waals surface area contributed by atoms with E-state index in [2.05, 4.69) is 5.10 Å². The third kappa shape index (κ3) is 6.57. The fourth-order valence-electron chi connectivity index (χ4n) is 4.05. The number of carbonyl (C=O) groups is 1. The SMILES string of the molecule is CCN(CC)Cc1c(Cl)c(C)cc(C(=O)Oc2ccccc2)c1-n1nc(-c2ccc(C(F)(F)F)cc2)oc1=O.Cl. The number of alkyl halides is 3. The highest BCUT2D eigenvalue weighted by Gasteiger charge is 2.31. The van der Waals surface area contributed by atoms with Gasteiger partial charge in [-0.2, -0.15) is 17.9 Å². The molecule has 212 valence electrons. The zero-order valence-corrected chi connectivity index (χ0v) is 23.4. The predicted octanol–water partition coefficient (Wildman–Crippen LogP) is 6.96. The van der Waals surface area contributed by atoms with E-state index in [0.29, 0.717) is 35.0 Å². The molecule has 12 heteroatoms. The molecule has 0 spiro atoms. The van der Waals surface area contributed by atoms with E-state index < -0.39 is 23.5 Å². The molecule has 0 aliphatic rings. The molecule has 40 heavy (non-hydrogen) atoms. The minimum atomic E-state index is -4.52. The summed E-state index contributed by atoms with van der Waals surface area (Å²) in [6, 6.07) is 14.0. The zero-order valence-electron chi connectivity index (χ0n) is 21.8. The number of benzene rings is 3. The van der Waals surface area contributed by atoms with Crippen molar-refractivity contribution < 1.29 is 27.1 Å². The Morgan fingerprint density at radius 2 is 1.70 bits per heavy atom. The van der Waals surface area contributed by atoms with Gasteiger partial charge in [0.15, 0.2) is 0 Å². The van der Waals surface area contributed by atoms with Crippen LogP contribution in [0.3, 0.4) is 0 Å². The van der Waals surface area contributed by atoms with Crippen LogP contribution in [-0.2, 0) is 12.7 Å². The number of para-hydroxylation sites is 1. The third-order valence-electron chi connectivity index (χ3n) is 6.18. The van der Waals surface area contributed by atoms with Crippen molar-refractivity contribution in [2.45, 2.75) is 33.5 Å². The molecule has 0 atom stereocenters. The minimum Gasteiger partial charge on any atom is -0.423 e. The average molecular weight is 596 g/mol. The van der Waals surface area contributed by atoms with E-state index in [-0.39, 0.29) is 41.7 Å². The molecule has 0 fully saturated rings. The Morgan fingerprint density at radius 3 is 2.27 bits per heavy atom. The van der Waals surface area contributed by atoms with Crippen LogP contribution in [0.1, 0.15) is 40.9 Å². The first kappa shape index (κ1) is 30.9. The number of ether oxygens (including phenoxy) is 1. The van der Waals surface area contributed by atoms with E-state index >= 15 is 0 Å². The molecule has 0 aliphatic heterocycles. The molecule has 0 N–H and O–H groups in total. The maximum atomic E-state index is 13.4. The lowest BCUT2D eigenvalue weighted by Crippen LogP contribution is -2.27. The number of esters is 1. The number of carbonyl (C=O) groups excluding carboxylic acids is 1. The van der Waals surface area contributed by atoms with Crippen LogP contribution >= 0.6 is 24.0 Å². The van der Waals surface area contributed by atoms with Crippen LogP contribution in [0.25, 0.3) is 17.1 Å². The molecular formula is C28H26Cl2F3N3O4. The molecule has 3 aromatic carbocycles. The average Bonchev–Trinajstić information content (AvgIpc) is 3.30. The van der Waals surface area contributed by atoms with Crippen LogP contribution in [-0.4, -0.2) is 33.7 Å². The van der Waals surface area contributed by atoms with Crippen molar-refractivity contribution in [3.63, 3.8) is 0 Å². The van der Waals surface area contributed by atoms with Crippen LogP contribution in [0, 0.1) is 6.92 Å². The largest absolute Gasteiger partial charge is 0.442 e. The normalized spacial score (nSPS) is 11.4. The number of nitrogens with zero attached hydrogens (tertiary/aromatic N) is 3. The lowest BCUT2D eigenvalue weighted by Gasteiger charge is -2.23. The monoisotopic (exact) mass is 595 g/mol. The maximum absolute atomic E-state index is 13.4. The van der Waals surface area contributed by atoms with Gasteiger partial charge >= 0.3 is 17.9 Å². The fourth-order valence-corrected chi connectivity index (χ4v) is 4.26. The van der Waals surface area contributed by atoms with E-state index in [0.717, 1.165) is 28.9 Å². The Morgan fingerprint density at radius 1 is 1.07 bits per heavy atom. The second kappa shape index (κ2) is 12.7. The second-order valence-electron chi connectivity index (χ2n) is 8.71. The molecule has 0 bridgehead atoms. The van der Waals surface area contributed by atoms with Gasteiger partial charge in [-0.1, -0.05) is 43.6 Å². The molecular weight excluding hydrogens is 570 g/mol. The van der Waals surface area contributed by atoms with E-state index in [1.54, 1.807) is 37.3 Å². The van der Waals surface area contributed by atoms with Gasteiger partial charge in [0.25, 0.3) is 0 Å². The maximum Gasteiger partial charge on any atom is 0.442 e. The van der Waals surface area contributed by atoms with E-state index in [1.807, 2.05) is 18.7 Å². The Kier molecular flexibility index (Phi) is 9.83. The van der Waals surface area contributed by atoms with Gasteiger partial charge in [0.2, 0.25) is 5.89 Å². The highest BCUT2D eigenvalue weighted by atomic mass is 35.5. The predicted molar refractivity (Wildman–Crippen MR) is 148 cm³/mol. The number of hydrogen-bond donors (Lipinski definition) is 0. The van der Waals surface area contributed by atoms with Crippen molar-refractivity contribution in [3.05, 3.63) is 98.5 Å². The highest BCUT2D eigenvalue weighted by Crippen LogP contribution is 2.33. The molecule has 0 saturated heterocycles. The van der Waals surface area contributed by atoms with Crippen LogP contribution in [0.15, 0.2) is 69.9 Å². The Labute approximate surface area is 239 Å². The van der Waals surface area contributed by atoms with Gasteiger partial charge < -0.3 is 9.15 Å². The topological polar surface area (TPSA) is 77.6 Å². The van der Waals surface area contributed by atoms with Gasteiger partial charge in [0.1, 0.15) is 5.75 Å². The molecule has 1 aromatic heterocycles. The van der Waals surface area contributed by atoms with Crippen molar-refractivity contribution >= 4 is 30.0 Å². The van der Waals surface area contributed by atoms with Gasteiger partial charge in [-0.25, -0.2) is 9.59 Å². The number of halogens is 5. The molecule has 0 saturated carbocycles. The minimum absolute atomic E-state index is 0. The van der Waals surface area contributed by atoms with E-state index in [1.165, 1.54) is 6.07 Å². The molecule has 0 unspecified atom stereocenters. The van der Waals surface area contributed by atoms with E-state index in [4.69, 9.17) is 20.8 Å². The summed E-state index contributed by atoms with van der Waals surface area (Å²) < 4.78 is 50.8. The van der Waals surface area contributed by atoms with Gasteiger partial charge in [0.05, 0.1) is 21.8 Å². The van der Waals surface area contributed by atoms with Crippen molar-refractivity contribution in [1.29, 1.82) is 0 Å². The summed E-state index contributed by atoms with van der Waals surface area (Å²) in [6.45, 7) is 7.26. The highest BCUT2D eigenvalue weighted by molar-refractivity contribution is 6.32. The first-order valence-corrected chi connectivity index (χ1v) is 12.5. The summed E-state index contributed by atoms with van der Waals surface area (Å²) >= 11 is 6.72. The first-order chi connectivity index (χ1) is 18.5. The van der Waals surface area contributed by atoms with Crippen molar-refractivity contribution in [1.82, 2.24) is 14.7 Å². The van der Waals surface area contributed by atoms with Crippen LogP contribution in [0.5, 0.6) is 5.75 Å². The van der Waals surface area contributed by atoms with Crippen molar-refractivity contribution in [3.8, 4) is 22.9 Å². The van der Waals surface area contributed by atoms with Crippen molar-refractivity contribution in [2.24, 2.45) is 0 Å². The summed E-state index contributed by atoms with van der Waals surface area (Å²) in [6.07, 6.45) is -4.52. The molecule has 7 nitrogen and oxygen atoms in total. The molecule has 0 aliphatic carbocycles. The zero-order chi connectivity index (χ0) is 28.3. The summed E-state index contributed by atoms with van der Waals surface area (Å²) in [5, 5.41) is 4.59. The first-order valence-electron chi connectivity index (χ1n) is 12.1. The van der Waals surface area contributed by atoms with Gasteiger partial charge in [0, 0.05) is 17.7 Å². The molecule has 4 aromatic rings. The Balaban J connectivity index is 0.00000441. The van der Waals surface area contributed by atoms with Crippen LogP contribution in [0.2, 0.25) is 5.02 Å². The standard InChI is InChI=1S/C28H25ClF3N3O4.ClH/c1-4-34(5-2)16-22-23(29)17(3)15-21(26(36)38-20-9-7-6-8-10-20)24(22)35-27(37)39-25(33-35)18-11-13-19(14-12-18)28(30,31)32;/h6-15H,4-5,16H2,1-3H3;1H. The summed E-state index contributed by atoms with van der Waals surface area (Å²) in [5.74, 6) is -1.62. The molecule has 4 rings (SSSR count). The lowest BCUT2D eigenvalue weighted by atomic mass is 10.0. The summed E-state index contributed by atoms with van der Waals surface area (Å²) in [7, 11) is 0. The number of rotatable bonds is 8. The molecule has 0 amide bonds.